The molecular formula is C29H32FN7O4. The van der Waals surface area contributed by atoms with Crippen molar-refractivity contribution in [3.63, 3.8) is 0 Å². The van der Waals surface area contributed by atoms with Gasteiger partial charge in [0.25, 0.3) is 0 Å². The summed E-state index contributed by atoms with van der Waals surface area (Å²) >= 11 is 0. The van der Waals surface area contributed by atoms with E-state index in [9.17, 15) is 14.4 Å². The first-order valence-corrected chi connectivity index (χ1v) is 13.5. The average molecular weight is 562 g/mol. The molecule has 0 radical (unpaired) electrons. The maximum atomic E-state index is 14.8. The Kier molecular flexibility index (Phi) is 9.66. The monoisotopic (exact) mass is 561 g/mol. The van der Waals surface area contributed by atoms with Crippen molar-refractivity contribution in [3.8, 4) is 17.5 Å². The van der Waals surface area contributed by atoms with Crippen LogP contribution in [0, 0.1) is 17.1 Å². The van der Waals surface area contributed by atoms with Gasteiger partial charge in [-0.3, -0.25) is 4.90 Å². The zero-order valence-corrected chi connectivity index (χ0v) is 22.6. The van der Waals surface area contributed by atoms with E-state index in [1.165, 1.54) is 0 Å². The molecule has 41 heavy (non-hydrogen) atoms. The van der Waals surface area contributed by atoms with Crippen LogP contribution in [0.3, 0.4) is 0 Å². The molecule has 0 unspecified atom stereocenters. The van der Waals surface area contributed by atoms with Gasteiger partial charge in [-0.05, 0) is 42.0 Å². The van der Waals surface area contributed by atoms with Crippen molar-refractivity contribution in [3.05, 3.63) is 65.6 Å². The van der Waals surface area contributed by atoms with E-state index in [0.29, 0.717) is 56.5 Å². The predicted molar refractivity (Wildman–Crippen MR) is 151 cm³/mol. The van der Waals surface area contributed by atoms with Crippen LogP contribution in [0.4, 0.5) is 26.4 Å². The number of anilines is 3. The lowest BCUT2D eigenvalue weighted by atomic mass is 10.2. The molecule has 12 heteroatoms. The summed E-state index contributed by atoms with van der Waals surface area (Å²) in [5.41, 5.74) is 2.49. The molecule has 11 nitrogen and oxygen atoms in total. The maximum absolute atomic E-state index is 14.8. The highest BCUT2D eigenvalue weighted by atomic mass is 19.1. The average Bonchev–Trinajstić information content (AvgIpc) is 3.01. The molecule has 2 fully saturated rings. The van der Waals surface area contributed by atoms with E-state index >= 15 is 0 Å². The van der Waals surface area contributed by atoms with Gasteiger partial charge in [0.05, 0.1) is 39.6 Å². The molecule has 0 bridgehead atoms. The van der Waals surface area contributed by atoms with Crippen LogP contribution in [-0.2, 0) is 20.8 Å². The van der Waals surface area contributed by atoms with Gasteiger partial charge in [-0.25, -0.2) is 14.8 Å². The fraction of sp³-hybridized carbons (Fsp3) is 0.379. The molecule has 2 saturated heterocycles. The Morgan fingerprint density at radius 1 is 0.927 bits per heavy atom. The Morgan fingerprint density at radius 2 is 1.54 bits per heavy atom. The second-order valence-electron chi connectivity index (χ2n) is 9.60. The zero-order valence-electron chi connectivity index (χ0n) is 22.6. The summed E-state index contributed by atoms with van der Waals surface area (Å²) in [5, 5.41) is 15.0. The Hall–Kier alpha value is -4.15. The number of benzene rings is 2. The van der Waals surface area contributed by atoms with Crippen molar-refractivity contribution < 1.29 is 23.4 Å². The van der Waals surface area contributed by atoms with Crippen molar-refractivity contribution in [1.82, 2.24) is 14.9 Å². The first-order chi connectivity index (χ1) is 20.1. The van der Waals surface area contributed by atoms with Gasteiger partial charge in [-0.15, -0.1) is 0 Å². The summed E-state index contributed by atoms with van der Waals surface area (Å²) in [5.74, 6) is -0.426. The van der Waals surface area contributed by atoms with Gasteiger partial charge in [0.15, 0.2) is 17.3 Å². The van der Waals surface area contributed by atoms with E-state index < -0.39 is 11.8 Å². The van der Waals surface area contributed by atoms with Crippen LogP contribution in [0.2, 0.25) is 0 Å². The number of rotatable bonds is 9. The van der Waals surface area contributed by atoms with Crippen LogP contribution in [0.1, 0.15) is 11.3 Å². The van der Waals surface area contributed by atoms with Gasteiger partial charge >= 0.3 is 6.03 Å². The number of nitrogens with zero attached hydrogens (tertiary/aromatic N) is 5. The number of urea groups is 1. The normalized spacial score (nSPS) is 15.8. The van der Waals surface area contributed by atoms with Crippen LogP contribution in [0.15, 0.2) is 48.5 Å². The molecule has 2 N–H and O–H groups in total. The van der Waals surface area contributed by atoms with Gasteiger partial charge in [0.1, 0.15) is 6.07 Å². The fourth-order valence-electron chi connectivity index (χ4n) is 4.51. The largest absolute Gasteiger partial charge is 0.379 e. The topological polar surface area (TPSA) is 125 Å². The number of ether oxygens (including phenoxy) is 3. The molecule has 0 atom stereocenters. The lowest BCUT2D eigenvalue weighted by molar-refractivity contribution is 0.0180. The third-order valence-corrected chi connectivity index (χ3v) is 6.79. The molecule has 0 aliphatic carbocycles. The summed E-state index contributed by atoms with van der Waals surface area (Å²) in [6.45, 7) is 7.35. The number of nitrogens with one attached hydrogen (secondary N) is 2. The third kappa shape index (κ3) is 7.74. The smallest absolute Gasteiger partial charge is 0.323 e. The molecule has 0 saturated carbocycles. The summed E-state index contributed by atoms with van der Waals surface area (Å²) in [6, 6.07) is 15.7. The Bertz CT molecular complexity index is 1350. The van der Waals surface area contributed by atoms with Crippen molar-refractivity contribution in [2.75, 3.05) is 81.3 Å². The second-order valence-corrected chi connectivity index (χ2v) is 9.60. The van der Waals surface area contributed by atoms with Crippen molar-refractivity contribution in [2.45, 2.75) is 6.61 Å². The van der Waals surface area contributed by atoms with E-state index in [4.69, 9.17) is 14.2 Å². The quantitative estimate of drug-likeness (QED) is 0.378. The van der Waals surface area contributed by atoms with Gasteiger partial charge in [-0.1, -0.05) is 12.1 Å². The van der Waals surface area contributed by atoms with Crippen LogP contribution < -0.4 is 15.5 Å². The highest BCUT2D eigenvalue weighted by Gasteiger charge is 2.22. The highest BCUT2D eigenvalue weighted by molar-refractivity contribution is 5.99. The minimum atomic E-state index is -0.738. The number of carbonyl (C=O) groups is 1. The minimum absolute atomic E-state index is 0.0852. The number of amides is 2. The number of hydrogen-bond acceptors (Lipinski definition) is 9. The Balaban J connectivity index is 1.13. The number of nitriles is 1. The SMILES string of the molecule is N#Cc1nc(-c2ccc(NC(=O)Nc3ccc(COCCN4CCOCC4)cc3)cc2)nc(N2CCOCC2)c1F. The number of halogens is 1. The zero-order chi connectivity index (χ0) is 28.4. The van der Waals surface area contributed by atoms with Gasteiger partial charge < -0.3 is 29.7 Å². The molecule has 2 aliphatic rings. The number of morpholine rings is 2. The fourth-order valence-corrected chi connectivity index (χ4v) is 4.51. The summed E-state index contributed by atoms with van der Waals surface area (Å²) in [4.78, 5) is 25.1. The first kappa shape index (κ1) is 28.4. The molecule has 2 amide bonds. The maximum Gasteiger partial charge on any atom is 0.323 e. The summed E-state index contributed by atoms with van der Waals surface area (Å²) in [7, 11) is 0. The van der Waals surface area contributed by atoms with Crippen molar-refractivity contribution >= 4 is 23.2 Å². The summed E-state index contributed by atoms with van der Waals surface area (Å²) in [6.07, 6.45) is 0. The van der Waals surface area contributed by atoms with Crippen LogP contribution in [0.25, 0.3) is 11.4 Å². The second kappa shape index (κ2) is 14.0. The highest BCUT2D eigenvalue weighted by Crippen LogP contribution is 2.25. The molecule has 2 aromatic carbocycles. The lowest BCUT2D eigenvalue weighted by Crippen LogP contribution is -2.38. The van der Waals surface area contributed by atoms with Gasteiger partial charge in [-0.2, -0.15) is 9.65 Å². The van der Waals surface area contributed by atoms with E-state index in [-0.39, 0.29) is 17.3 Å². The van der Waals surface area contributed by atoms with Gasteiger partial charge in [0, 0.05) is 49.7 Å². The van der Waals surface area contributed by atoms with Crippen molar-refractivity contribution in [1.29, 1.82) is 5.26 Å². The number of carbonyl (C=O) groups excluding carboxylic acids is 1. The molecule has 0 spiro atoms. The number of hydrogen-bond donors (Lipinski definition) is 2. The van der Waals surface area contributed by atoms with E-state index in [0.717, 1.165) is 38.4 Å². The molecular weight excluding hydrogens is 529 g/mol. The number of aromatic nitrogens is 2. The molecule has 3 aromatic rings. The van der Waals surface area contributed by atoms with Gasteiger partial charge in [0.2, 0.25) is 5.82 Å². The third-order valence-electron chi connectivity index (χ3n) is 6.79. The van der Waals surface area contributed by atoms with Crippen LogP contribution in [-0.4, -0.2) is 86.7 Å². The standard InChI is InChI=1S/C29H32FN7O4/c30-26-25(19-31)34-27(35-28(26)37-12-17-40-18-13-37)22-3-7-24(8-4-22)33-29(38)32-23-5-1-21(2-6-23)20-41-16-11-36-9-14-39-15-10-36/h1-8H,9-18,20H2,(H2,32,33,38). The molecule has 214 valence electrons. The van der Waals surface area contributed by atoms with E-state index in [1.54, 1.807) is 29.2 Å². The molecule has 1 aromatic heterocycles. The molecule has 2 aliphatic heterocycles. The van der Waals surface area contributed by atoms with E-state index in [2.05, 4.69) is 25.5 Å². The lowest BCUT2D eigenvalue weighted by Gasteiger charge is -2.28. The van der Waals surface area contributed by atoms with Crippen molar-refractivity contribution in [2.24, 2.45) is 0 Å². The Labute approximate surface area is 237 Å². The minimum Gasteiger partial charge on any atom is -0.379 e. The molecule has 5 rings (SSSR count). The Morgan fingerprint density at radius 3 is 2.17 bits per heavy atom. The summed E-state index contributed by atoms with van der Waals surface area (Å²) < 4.78 is 31.3. The van der Waals surface area contributed by atoms with Crippen LogP contribution in [0.5, 0.6) is 0 Å². The predicted octanol–water partition coefficient (Wildman–Crippen LogP) is 3.48. The molecule has 3 heterocycles. The van der Waals surface area contributed by atoms with E-state index in [1.807, 2.05) is 30.3 Å². The van der Waals surface area contributed by atoms with Crippen LogP contribution >= 0.6 is 0 Å². The first-order valence-electron chi connectivity index (χ1n) is 13.5.